The summed E-state index contributed by atoms with van der Waals surface area (Å²) in [6.45, 7) is 11.0. The highest BCUT2D eigenvalue weighted by Crippen LogP contribution is 2.21. The molecule has 3 nitrogen and oxygen atoms in total. The van der Waals surface area contributed by atoms with Crippen LogP contribution in [0.1, 0.15) is 33.0 Å². The summed E-state index contributed by atoms with van der Waals surface area (Å²) in [5, 5.41) is 0.757. The Bertz CT molecular complexity index is 558. The van der Waals surface area contributed by atoms with Crippen molar-refractivity contribution < 1.29 is 0 Å². The molecule has 2 aromatic rings. The molecule has 0 amide bonds. The molecule has 0 atom stereocenters. The van der Waals surface area contributed by atoms with Gasteiger partial charge < -0.3 is 9.47 Å². The van der Waals surface area contributed by atoms with E-state index >= 15 is 0 Å². The molecule has 0 aliphatic heterocycles. The standard InChI is InChI=1S/C16H24ClN3/c1-4-16-18-14-12-13(17)8-9-15(14)20(16)11-7-10-19(5-2)6-3/h8-9,12H,4-7,10-11H2,1-3H3. The molecular formula is C16H24ClN3. The Balaban J connectivity index is 2.15. The first-order valence-electron chi connectivity index (χ1n) is 7.56. The van der Waals surface area contributed by atoms with Crippen LogP contribution >= 0.6 is 11.6 Å². The lowest BCUT2D eigenvalue weighted by molar-refractivity contribution is 0.293. The van der Waals surface area contributed by atoms with E-state index in [9.17, 15) is 0 Å². The van der Waals surface area contributed by atoms with Gasteiger partial charge in [-0.05, 0) is 44.3 Å². The number of hydrogen-bond donors (Lipinski definition) is 0. The van der Waals surface area contributed by atoms with Crippen LogP contribution in [0.4, 0.5) is 0 Å². The predicted molar refractivity (Wildman–Crippen MR) is 86.5 cm³/mol. The van der Waals surface area contributed by atoms with Crippen LogP contribution in [-0.2, 0) is 13.0 Å². The zero-order valence-electron chi connectivity index (χ0n) is 12.7. The van der Waals surface area contributed by atoms with Gasteiger partial charge in [0, 0.05) is 18.0 Å². The lowest BCUT2D eigenvalue weighted by Crippen LogP contribution is -2.25. The average molecular weight is 294 g/mol. The number of nitrogens with zero attached hydrogens (tertiary/aromatic N) is 3. The second-order valence-corrected chi connectivity index (χ2v) is 5.48. The topological polar surface area (TPSA) is 21.1 Å². The van der Waals surface area contributed by atoms with Gasteiger partial charge in [-0.1, -0.05) is 32.4 Å². The Morgan fingerprint density at radius 2 is 1.95 bits per heavy atom. The number of fused-ring (bicyclic) bond motifs is 1. The number of imidazole rings is 1. The van der Waals surface area contributed by atoms with Crippen LogP contribution in [0.15, 0.2) is 18.2 Å². The number of aryl methyl sites for hydroxylation is 2. The van der Waals surface area contributed by atoms with Crippen LogP contribution in [0.2, 0.25) is 5.02 Å². The molecule has 1 aromatic carbocycles. The van der Waals surface area contributed by atoms with E-state index < -0.39 is 0 Å². The Kier molecular flexibility index (Phi) is 5.44. The lowest BCUT2D eigenvalue weighted by Gasteiger charge is -2.18. The van der Waals surface area contributed by atoms with Gasteiger partial charge in [0.1, 0.15) is 5.82 Å². The van der Waals surface area contributed by atoms with Crippen LogP contribution in [0, 0.1) is 0 Å². The molecule has 0 spiro atoms. The molecule has 0 fully saturated rings. The van der Waals surface area contributed by atoms with E-state index in [4.69, 9.17) is 16.6 Å². The van der Waals surface area contributed by atoms with Crippen LogP contribution in [0.25, 0.3) is 11.0 Å². The van der Waals surface area contributed by atoms with Crippen molar-refractivity contribution >= 4 is 22.6 Å². The van der Waals surface area contributed by atoms with Gasteiger partial charge in [0.2, 0.25) is 0 Å². The Hall–Kier alpha value is -1.06. The van der Waals surface area contributed by atoms with E-state index in [-0.39, 0.29) is 0 Å². The van der Waals surface area contributed by atoms with Crippen LogP contribution in [-0.4, -0.2) is 34.1 Å². The summed E-state index contributed by atoms with van der Waals surface area (Å²) in [5.74, 6) is 1.15. The predicted octanol–water partition coefficient (Wildman–Crippen LogP) is 3.98. The number of rotatable bonds is 7. The van der Waals surface area contributed by atoms with Gasteiger partial charge in [0.25, 0.3) is 0 Å². The van der Waals surface area contributed by atoms with Crippen molar-refractivity contribution in [3.8, 4) is 0 Å². The first-order valence-corrected chi connectivity index (χ1v) is 7.94. The SMILES string of the molecule is CCc1nc2cc(Cl)ccc2n1CCCN(CC)CC. The van der Waals surface area contributed by atoms with Crippen molar-refractivity contribution in [2.75, 3.05) is 19.6 Å². The van der Waals surface area contributed by atoms with Crippen LogP contribution in [0.5, 0.6) is 0 Å². The average Bonchev–Trinajstić information content (AvgIpc) is 2.80. The second-order valence-electron chi connectivity index (χ2n) is 5.05. The summed E-state index contributed by atoms with van der Waals surface area (Å²) < 4.78 is 2.34. The number of aromatic nitrogens is 2. The highest BCUT2D eigenvalue weighted by atomic mass is 35.5. The van der Waals surface area contributed by atoms with Gasteiger partial charge in [-0.25, -0.2) is 4.98 Å². The minimum atomic E-state index is 0.757. The third-order valence-corrected chi connectivity index (χ3v) is 4.09. The van der Waals surface area contributed by atoms with Crippen molar-refractivity contribution in [3.63, 3.8) is 0 Å². The fourth-order valence-electron chi connectivity index (χ4n) is 2.66. The molecule has 0 N–H and O–H groups in total. The van der Waals surface area contributed by atoms with E-state index in [0.717, 1.165) is 55.4 Å². The Morgan fingerprint density at radius 1 is 1.20 bits per heavy atom. The molecule has 0 radical (unpaired) electrons. The van der Waals surface area contributed by atoms with Crippen LogP contribution in [0.3, 0.4) is 0 Å². The van der Waals surface area contributed by atoms with Gasteiger partial charge in [0.15, 0.2) is 0 Å². The maximum atomic E-state index is 6.05. The van der Waals surface area contributed by atoms with E-state index in [1.165, 1.54) is 5.52 Å². The molecule has 0 saturated heterocycles. The monoisotopic (exact) mass is 293 g/mol. The van der Waals surface area contributed by atoms with Gasteiger partial charge in [-0.15, -0.1) is 0 Å². The zero-order chi connectivity index (χ0) is 14.5. The fourth-order valence-corrected chi connectivity index (χ4v) is 2.83. The van der Waals surface area contributed by atoms with Crippen molar-refractivity contribution in [2.24, 2.45) is 0 Å². The number of halogens is 1. The summed E-state index contributed by atoms with van der Waals surface area (Å²) >= 11 is 6.05. The smallest absolute Gasteiger partial charge is 0.109 e. The summed E-state index contributed by atoms with van der Waals surface area (Å²) in [7, 11) is 0. The van der Waals surface area contributed by atoms with E-state index in [1.807, 2.05) is 12.1 Å². The molecule has 0 unspecified atom stereocenters. The normalized spacial score (nSPS) is 11.7. The third-order valence-electron chi connectivity index (χ3n) is 3.86. The highest BCUT2D eigenvalue weighted by Gasteiger charge is 2.10. The molecule has 0 saturated carbocycles. The Labute approximate surface area is 126 Å². The fraction of sp³-hybridized carbons (Fsp3) is 0.562. The summed E-state index contributed by atoms with van der Waals surface area (Å²) in [6, 6.07) is 5.99. The number of hydrogen-bond acceptors (Lipinski definition) is 2. The van der Waals surface area contributed by atoms with Crippen molar-refractivity contribution in [1.29, 1.82) is 0 Å². The molecule has 1 heterocycles. The third kappa shape index (κ3) is 3.33. The maximum absolute atomic E-state index is 6.05. The van der Waals surface area contributed by atoms with Gasteiger partial charge in [0.05, 0.1) is 11.0 Å². The second kappa shape index (κ2) is 7.09. The lowest BCUT2D eigenvalue weighted by atomic mass is 10.3. The largest absolute Gasteiger partial charge is 0.328 e. The van der Waals surface area contributed by atoms with Crippen LogP contribution < -0.4 is 0 Å². The summed E-state index contributed by atoms with van der Waals surface area (Å²) in [4.78, 5) is 7.15. The molecule has 2 rings (SSSR count). The van der Waals surface area contributed by atoms with Gasteiger partial charge in [-0.2, -0.15) is 0 Å². The molecule has 0 bridgehead atoms. The van der Waals surface area contributed by atoms with E-state index in [0.29, 0.717) is 0 Å². The highest BCUT2D eigenvalue weighted by molar-refractivity contribution is 6.31. The molecule has 0 aliphatic carbocycles. The van der Waals surface area contributed by atoms with Crippen molar-refractivity contribution in [2.45, 2.75) is 40.2 Å². The summed E-state index contributed by atoms with van der Waals surface area (Å²) in [5.41, 5.74) is 2.21. The minimum Gasteiger partial charge on any atom is -0.328 e. The quantitative estimate of drug-likeness (QED) is 0.770. The van der Waals surface area contributed by atoms with Gasteiger partial charge >= 0.3 is 0 Å². The minimum absolute atomic E-state index is 0.757. The summed E-state index contributed by atoms with van der Waals surface area (Å²) in [6.07, 6.45) is 2.11. The molecule has 0 aliphatic rings. The first kappa shape index (κ1) is 15.3. The maximum Gasteiger partial charge on any atom is 0.109 e. The van der Waals surface area contributed by atoms with Crippen molar-refractivity contribution in [1.82, 2.24) is 14.5 Å². The molecular weight excluding hydrogens is 270 g/mol. The first-order chi connectivity index (χ1) is 9.69. The molecule has 110 valence electrons. The zero-order valence-corrected chi connectivity index (χ0v) is 13.5. The van der Waals surface area contributed by atoms with E-state index in [1.54, 1.807) is 0 Å². The molecule has 4 heteroatoms. The molecule has 1 aromatic heterocycles. The van der Waals surface area contributed by atoms with E-state index in [2.05, 4.69) is 36.3 Å². The van der Waals surface area contributed by atoms with Crippen molar-refractivity contribution in [3.05, 3.63) is 29.0 Å². The number of benzene rings is 1. The molecule has 20 heavy (non-hydrogen) atoms. The Morgan fingerprint density at radius 3 is 2.60 bits per heavy atom. The van der Waals surface area contributed by atoms with Gasteiger partial charge in [-0.3, -0.25) is 0 Å².